The zero-order chi connectivity index (χ0) is 19.2. The third-order valence-electron chi connectivity index (χ3n) is 4.45. The Balaban J connectivity index is 1.63. The molecule has 0 spiro atoms. The molecule has 0 aliphatic carbocycles. The number of carbonyl (C=O) groups is 1. The summed E-state index contributed by atoms with van der Waals surface area (Å²) in [7, 11) is 0. The number of nitrogens with zero attached hydrogens (tertiary/aromatic N) is 2. The molecule has 3 aromatic rings. The molecule has 3 heterocycles. The van der Waals surface area contributed by atoms with E-state index >= 15 is 0 Å². The monoisotopic (exact) mass is 392 g/mol. The molecule has 0 radical (unpaired) electrons. The fraction of sp³-hybridized carbons (Fsp3) is 0.263. The minimum Gasteiger partial charge on any atom is -0.459 e. The molecule has 1 aromatic carbocycles. The second-order valence-electron chi connectivity index (χ2n) is 6.35. The number of benzene rings is 1. The van der Waals surface area contributed by atoms with Crippen molar-refractivity contribution in [2.45, 2.75) is 25.9 Å². The zero-order valence-corrected chi connectivity index (χ0v) is 15.2. The van der Waals surface area contributed by atoms with E-state index in [2.05, 4.69) is 4.98 Å². The SMILES string of the molecule is Cc1ccc(-c2nc(C(=O)N3CCCc4cc(C(F)(F)F)ccc43)cs2)o1. The first kappa shape index (κ1) is 17.8. The highest BCUT2D eigenvalue weighted by Gasteiger charge is 2.33. The summed E-state index contributed by atoms with van der Waals surface area (Å²) in [5.41, 5.74) is 0.612. The summed E-state index contributed by atoms with van der Waals surface area (Å²) in [5.74, 6) is 1.02. The van der Waals surface area contributed by atoms with E-state index in [1.807, 2.05) is 13.0 Å². The standard InChI is InChI=1S/C19H15F3N2O2S/c1-11-4-7-16(26-11)17-23-14(10-27-17)18(25)24-8-2-3-12-9-13(19(20,21)22)5-6-15(12)24/h4-7,9-10H,2-3,8H2,1H3. The van der Waals surface area contributed by atoms with E-state index in [1.54, 1.807) is 11.4 Å². The number of alkyl halides is 3. The third-order valence-corrected chi connectivity index (χ3v) is 5.30. The Morgan fingerprint density at radius 1 is 1.26 bits per heavy atom. The van der Waals surface area contributed by atoms with Gasteiger partial charge in [0.05, 0.1) is 5.56 Å². The molecule has 0 fully saturated rings. The van der Waals surface area contributed by atoms with Gasteiger partial charge in [-0.15, -0.1) is 11.3 Å². The Kier molecular flexibility index (Phi) is 4.30. The number of anilines is 1. The van der Waals surface area contributed by atoms with Crippen molar-refractivity contribution in [2.24, 2.45) is 0 Å². The molecule has 27 heavy (non-hydrogen) atoms. The summed E-state index contributed by atoms with van der Waals surface area (Å²) in [6, 6.07) is 7.13. The lowest BCUT2D eigenvalue weighted by Crippen LogP contribution is -2.35. The van der Waals surface area contributed by atoms with Gasteiger partial charge < -0.3 is 9.32 Å². The molecule has 0 atom stereocenters. The fourth-order valence-electron chi connectivity index (χ4n) is 3.16. The van der Waals surface area contributed by atoms with Crippen molar-refractivity contribution in [3.8, 4) is 10.8 Å². The number of hydrogen-bond acceptors (Lipinski definition) is 4. The number of thiazole rings is 1. The van der Waals surface area contributed by atoms with E-state index in [4.69, 9.17) is 4.42 Å². The normalized spacial score (nSPS) is 14.3. The molecule has 0 N–H and O–H groups in total. The van der Waals surface area contributed by atoms with Gasteiger partial charge in [-0.3, -0.25) is 4.79 Å². The lowest BCUT2D eigenvalue weighted by molar-refractivity contribution is -0.137. The molecule has 140 valence electrons. The highest BCUT2D eigenvalue weighted by molar-refractivity contribution is 7.13. The van der Waals surface area contributed by atoms with Crippen LogP contribution in [-0.2, 0) is 12.6 Å². The second kappa shape index (κ2) is 6.53. The molecule has 1 amide bonds. The number of amides is 1. The molecule has 2 aromatic heterocycles. The van der Waals surface area contributed by atoms with E-state index in [9.17, 15) is 18.0 Å². The highest BCUT2D eigenvalue weighted by atomic mass is 32.1. The number of rotatable bonds is 2. The van der Waals surface area contributed by atoms with Crippen LogP contribution in [-0.4, -0.2) is 17.4 Å². The Bertz CT molecular complexity index is 1010. The van der Waals surface area contributed by atoms with Crippen LogP contribution in [0.1, 0.15) is 33.8 Å². The topological polar surface area (TPSA) is 46.3 Å². The number of hydrogen-bond donors (Lipinski definition) is 0. The van der Waals surface area contributed by atoms with Crippen LogP contribution in [0.25, 0.3) is 10.8 Å². The molecular formula is C19H15F3N2O2S. The molecule has 8 heteroatoms. The van der Waals surface area contributed by atoms with Crippen molar-refractivity contribution in [3.63, 3.8) is 0 Å². The predicted molar refractivity (Wildman–Crippen MR) is 96.0 cm³/mol. The summed E-state index contributed by atoms with van der Waals surface area (Å²) in [4.78, 5) is 18.8. The first-order chi connectivity index (χ1) is 12.8. The maximum atomic E-state index is 12.9. The van der Waals surface area contributed by atoms with Crippen LogP contribution in [0.4, 0.5) is 18.9 Å². The fourth-order valence-corrected chi connectivity index (χ4v) is 3.91. The van der Waals surface area contributed by atoms with Crippen molar-refractivity contribution in [1.82, 2.24) is 4.98 Å². The van der Waals surface area contributed by atoms with Crippen molar-refractivity contribution < 1.29 is 22.4 Å². The molecule has 0 saturated carbocycles. The minimum absolute atomic E-state index is 0.261. The number of furan rings is 1. The zero-order valence-electron chi connectivity index (χ0n) is 14.3. The van der Waals surface area contributed by atoms with E-state index in [-0.39, 0.29) is 11.6 Å². The van der Waals surface area contributed by atoms with Gasteiger partial charge in [0.15, 0.2) is 10.8 Å². The van der Waals surface area contributed by atoms with Gasteiger partial charge >= 0.3 is 6.18 Å². The molecule has 0 unspecified atom stereocenters. The smallest absolute Gasteiger partial charge is 0.416 e. The Labute approximate surface area is 157 Å². The van der Waals surface area contributed by atoms with Crippen molar-refractivity contribution in [2.75, 3.05) is 11.4 Å². The van der Waals surface area contributed by atoms with E-state index in [1.165, 1.54) is 22.3 Å². The molecule has 1 aliphatic rings. The number of aryl methyl sites for hydroxylation is 2. The van der Waals surface area contributed by atoms with Crippen LogP contribution < -0.4 is 4.90 Å². The van der Waals surface area contributed by atoms with Crippen molar-refractivity contribution in [3.05, 3.63) is 58.3 Å². The summed E-state index contributed by atoms with van der Waals surface area (Å²) in [6.07, 6.45) is -3.28. The quantitative estimate of drug-likeness (QED) is 0.593. The lowest BCUT2D eigenvalue weighted by atomic mass is 9.98. The molecule has 4 nitrogen and oxygen atoms in total. The van der Waals surface area contributed by atoms with Crippen LogP contribution in [0, 0.1) is 6.92 Å². The number of carbonyl (C=O) groups excluding carboxylic acids is 1. The average Bonchev–Trinajstić information content (AvgIpc) is 3.28. The first-order valence-corrected chi connectivity index (χ1v) is 9.25. The Hall–Kier alpha value is -2.61. The van der Waals surface area contributed by atoms with E-state index in [0.717, 1.165) is 17.9 Å². The summed E-state index contributed by atoms with van der Waals surface area (Å²) < 4.78 is 44.4. The van der Waals surface area contributed by atoms with Crippen LogP contribution >= 0.6 is 11.3 Å². The van der Waals surface area contributed by atoms with Gasteiger partial charge in [0.25, 0.3) is 5.91 Å². The van der Waals surface area contributed by atoms with Crippen LogP contribution in [0.15, 0.2) is 40.1 Å². The van der Waals surface area contributed by atoms with Gasteiger partial charge in [0.2, 0.25) is 0 Å². The van der Waals surface area contributed by atoms with Crippen molar-refractivity contribution in [1.29, 1.82) is 0 Å². The Morgan fingerprint density at radius 3 is 2.78 bits per heavy atom. The van der Waals surface area contributed by atoms with Crippen LogP contribution in [0.5, 0.6) is 0 Å². The van der Waals surface area contributed by atoms with Crippen LogP contribution in [0.2, 0.25) is 0 Å². The van der Waals surface area contributed by atoms with Gasteiger partial charge in [-0.1, -0.05) is 0 Å². The van der Waals surface area contributed by atoms with Crippen LogP contribution in [0.3, 0.4) is 0 Å². The van der Waals surface area contributed by atoms with Gasteiger partial charge in [0, 0.05) is 17.6 Å². The van der Waals surface area contributed by atoms with Gasteiger partial charge in [-0.25, -0.2) is 4.98 Å². The van der Waals surface area contributed by atoms with E-state index < -0.39 is 11.7 Å². The van der Waals surface area contributed by atoms with Crippen molar-refractivity contribution >= 4 is 22.9 Å². The maximum Gasteiger partial charge on any atom is 0.416 e. The maximum absolute atomic E-state index is 12.9. The van der Waals surface area contributed by atoms with Gasteiger partial charge in [0.1, 0.15) is 11.5 Å². The third kappa shape index (κ3) is 3.37. The first-order valence-electron chi connectivity index (χ1n) is 8.37. The molecule has 1 aliphatic heterocycles. The Morgan fingerprint density at radius 2 is 2.07 bits per heavy atom. The van der Waals surface area contributed by atoms with Gasteiger partial charge in [-0.05, 0) is 55.7 Å². The van der Waals surface area contributed by atoms with E-state index in [0.29, 0.717) is 41.4 Å². The summed E-state index contributed by atoms with van der Waals surface area (Å²) in [6.45, 7) is 2.27. The lowest BCUT2D eigenvalue weighted by Gasteiger charge is -2.29. The molecular weight excluding hydrogens is 377 g/mol. The average molecular weight is 392 g/mol. The largest absolute Gasteiger partial charge is 0.459 e. The molecule has 0 bridgehead atoms. The number of fused-ring (bicyclic) bond motifs is 1. The number of halogens is 3. The van der Waals surface area contributed by atoms with Gasteiger partial charge in [-0.2, -0.15) is 13.2 Å². The second-order valence-corrected chi connectivity index (χ2v) is 7.21. The number of aromatic nitrogens is 1. The minimum atomic E-state index is -4.40. The highest BCUT2D eigenvalue weighted by Crippen LogP contribution is 2.36. The summed E-state index contributed by atoms with van der Waals surface area (Å²) >= 11 is 1.29. The predicted octanol–water partition coefficient (Wildman–Crippen LogP) is 5.32. The summed E-state index contributed by atoms with van der Waals surface area (Å²) in [5, 5.41) is 2.24. The molecule has 0 saturated heterocycles. The molecule has 4 rings (SSSR count).